The van der Waals surface area contributed by atoms with Crippen LogP contribution in [-0.4, -0.2) is 75.2 Å². The SMILES string of the molecule is Nc1ccc2c(c1)COCCCCCCCN(C[C@@H](O)[C@@H](CC(=O)O[C@H]1CO[C@H]3OCC[C@H]31)Cc1cc(F)cc(F)c1)S2(=O)=O. The van der Waals surface area contributed by atoms with Gasteiger partial charge in [0.1, 0.15) is 17.7 Å². The number of β-amino-alcohol motifs (C(OH)–C–C–N with tert-alkyl or cyclic N) is 1. The van der Waals surface area contributed by atoms with Crippen LogP contribution in [0.2, 0.25) is 0 Å². The van der Waals surface area contributed by atoms with Gasteiger partial charge in [-0.3, -0.25) is 4.79 Å². The average Bonchev–Trinajstić information content (AvgIpc) is 3.59. The second-order valence-electron chi connectivity index (χ2n) is 12.1. The zero-order valence-corrected chi connectivity index (χ0v) is 26.1. The Kier molecular flexibility index (Phi) is 11.4. The van der Waals surface area contributed by atoms with Gasteiger partial charge in [0.25, 0.3) is 0 Å². The Morgan fingerprint density at radius 1 is 1.04 bits per heavy atom. The third-order valence-corrected chi connectivity index (χ3v) is 10.7. The van der Waals surface area contributed by atoms with Crippen molar-refractivity contribution in [1.29, 1.82) is 0 Å². The third kappa shape index (κ3) is 8.78. The molecule has 5 rings (SSSR count). The summed E-state index contributed by atoms with van der Waals surface area (Å²) in [7, 11) is -4.14. The van der Waals surface area contributed by atoms with E-state index in [4.69, 9.17) is 24.7 Å². The lowest BCUT2D eigenvalue weighted by Gasteiger charge is -2.30. The number of halogens is 2. The van der Waals surface area contributed by atoms with Crippen molar-refractivity contribution in [1.82, 2.24) is 4.31 Å². The average molecular weight is 653 g/mol. The molecule has 0 bridgehead atoms. The molecule has 5 atom stereocenters. The first kappa shape index (κ1) is 33.7. The topological polar surface area (TPSA) is 138 Å². The van der Waals surface area contributed by atoms with Crippen molar-refractivity contribution in [2.24, 2.45) is 11.8 Å². The summed E-state index contributed by atoms with van der Waals surface area (Å²) in [6.07, 6.45) is 2.02. The lowest BCUT2D eigenvalue weighted by Crippen LogP contribution is -2.42. The quantitative estimate of drug-likeness (QED) is 0.321. The van der Waals surface area contributed by atoms with Gasteiger partial charge in [-0.15, -0.1) is 0 Å². The number of aliphatic hydroxyl groups is 1. The molecule has 10 nitrogen and oxygen atoms in total. The van der Waals surface area contributed by atoms with Crippen molar-refractivity contribution in [2.45, 2.75) is 81.4 Å². The van der Waals surface area contributed by atoms with Crippen LogP contribution in [0, 0.1) is 23.5 Å². The predicted molar refractivity (Wildman–Crippen MR) is 160 cm³/mol. The summed E-state index contributed by atoms with van der Waals surface area (Å²) in [5, 5.41) is 11.6. The summed E-state index contributed by atoms with van der Waals surface area (Å²) in [4.78, 5) is 13.2. The van der Waals surface area contributed by atoms with Gasteiger partial charge in [0, 0.05) is 37.4 Å². The van der Waals surface area contributed by atoms with E-state index in [0.29, 0.717) is 37.3 Å². The van der Waals surface area contributed by atoms with E-state index in [0.717, 1.165) is 43.9 Å². The maximum atomic E-state index is 14.1. The van der Waals surface area contributed by atoms with Gasteiger partial charge < -0.3 is 29.8 Å². The largest absolute Gasteiger partial charge is 0.459 e. The summed E-state index contributed by atoms with van der Waals surface area (Å²) in [5.41, 5.74) is 7.01. The molecule has 0 radical (unpaired) electrons. The first-order valence-electron chi connectivity index (χ1n) is 15.6. The molecule has 248 valence electrons. The van der Waals surface area contributed by atoms with E-state index in [2.05, 4.69) is 0 Å². The fraction of sp³-hybridized carbons (Fsp3) is 0.594. The van der Waals surface area contributed by atoms with Crippen LogP contribution in [0.4, 0.5) is 14.5 Å². The van der Waals surface area contributed by atoms with Crippen molar-refractivity contribution in [2.75, 3.05) is 38.6 Å². The summed E-state index contributed by atoms with van der Waals surface area (Å²) < 4.78 is 80.2. The molecule has 3 N–H and O–H groups in total. The number of hydrogen-bond donors (Lipinski definition) is 2. The van der Waals surface area contributed by atoms with E-state index in [1.165, 1.54) is 16.4 Å². The Morgan fingerprint density at radius 2 is 1.80 bits per heavy atom. The Morgan fingerprint density at radius 3 is 2.60 bits per heavy atom. The molecule has 0 aromatic heterocycles. The molecule has 0 unspecified atom stereocenters. The van der Waals surface area contributed by atoms with Crippen LogP contribution in [-0.2, 0) is 46.8 Å². The minimum atomic E-state index is -4.14. The third-order valence-electron chi connectivity index (χ3n) is 8.71. The number of carbonyl (C=O) groups is 1. The Bertz CT molecular complexity index is 1410. The summed E-state index contributed by atoms with van der Waals surface area (Å²) in [5.74, 6) is -3.22. The normalized spacial score (nSPS) is 25.6. The van der Waals surface area contributed by atoms with Crippen molar-refractivity contribution in [3.05, 3.63) is 59.2 Å². The predicted octanol–water partition coefficient (Wildman–Crippen LogP) is 3.93. The zero-order valence-electron chi connectivity index (χ0n) is 25.2. The first-order valence-corrected chi connectivity index (χ1v) is 17.1. The Hall–Kier alpha value is -2.68. The highest BCUT2D eigenvalue weighted by Gasteiger charge is 2.44. The van der Waals surface area contributed by atoms with Crippen molar-refractivity contribution in [3.63, 3.8) is 0 Å². The van der Waals surface area contributed by atoms with E-state index in [-0.39, 0.29) is 55.5 Å². The lowest BCUT2D eigenvalue weighted by atomic mass is 9.90. The summed E-state index contributed by atoms with van der Waals surface area (Å²) in [6, 6.07) is 7.53. The van der Waals surface area contributed by atoms with E-state index < -0.39 is 52.0 Å². The van der Waals surface area contributed by atoms with Crippen LogP contribution in [0.3, 0.4) is 0 Å². The number of esters is 1. The van der Waals surface area contributed by atoms with Crippen LogP contribution in [0.5, 0.6) is 0 Å². The van der Waals surface area contributed by atoms with E-state index in [1.807, 2.05) is 0 Å². The monoisotopic (exact) mass is 652 g/mol. The van der Waals surface area contributed by atoms with Gasteiger partial charge in [-0.05, 0) is 67.1 Å². The minimum Gasteiger partial charge on any atom is -0.459 e. The number of rotatable bonds is 8. The Balaban J connectivity index is 1.39. The fourth-order valence-electron chi connectivity index (χ4n) is 6.33. The van der Waals surface area contributed by atoms with Crippen LogP contribution >= 0.6 is 0 Å². The first-order chi connectivity index (χ1) is 21.6. The lowest BCUT2D eigenvalue weighted by molar-refractivity contribution is -0.153. The highest BCUT2D eigenvalue weighted by atomic mass is 32.2. The number of ether oxygens (including phenoxy) is 4. The molecule has 3 heterocycles. The van der Waals surface area contributed by atoms with Crippen LogP contribution in [0.15, 0.2) is 41.3 Å². The number of carbonyl (C=O) groups excluding carboxylic acids is 1. The number of sulfonamides is 1. The molecule has 2 saturated heterocycles. The van der Waals surface area contributed by atoms with Gasteiger partial charge in [-0.25, -0.2) is 17.2 Å². The molecular weight excluding hydrogens is 610 g/mol. The molecule has 0 spiro atoms. The molecular formula is C32H42F2N2O8S. The zero-order chi connectivity index (χ0) is 32.0. The molecule has 13 heteroatoms. The number of fused-ring (bicyclic) bond motifs is 2. The van der Waals surface area contributed by atoms with Gasteiger partial charge in [0.05, 0.1) is 43.2 Å². The number of nitrogens with two attached hydrogens (primary N) is 1. The maximum absolute atomic E-state index is 14.1. The van der Waals surface area contributed by atoms with Crippen LogP contribution in [0.25, 0.3) is 0 Å². The second-order valence-corrected chi connectivity index (χ2v) is 14.0. The molecule has 0 amide bonds. The highest BCUT2D eigenvalue weighted by molar-refractivity contribution is 7.89. The highest BCUT2D eigenvalue weighted by Crippen LogP contribution is 2.34. The van der Waals surface area contributed by atoms with Crippen molar-refractivity contribution < 1.29 is 46.0 Å². The van der Waals surface area contributed by atoms with E-state index in [1.54, 1.807) is 6.07 Å². The smallest absolute Gasteiger partial charge is 0.306 e. The molecule has 45 heavy (non-hydrogen) atoms. The number of nitrogens with zero attached hydrogens (tertiary/aromatic N) is 1. The molecule has 0 saturated carbocycles. The Labute approximate surface area is 262 Å². The summed E-state index contributed by atoms with van der Waals surface area (Å²) >= 11 is 0. The van der Waals surface area contributed by atoms with Gasteiger partial charge in [-0.2, -0.15) is 4.31 Å². The fourth-order valence-corrected chi connectivity index (χ4v) is 8.02. The van der Waals surface area contributed by atoms with Gasteiger partial charge in [0.2, 0.25) is 10.0 Å². The molecule has 3 aliphatic rings. The number of nitrogen functional groups attached to an aromatic ring is 1. The van der Waals surface area contributed by atoms with Crippen molar-refractivity contribution in [3.8, 4) is 0 Å². The number of benzene rings is 2. The maximum Gasteiger partial charge on any atom is 0.306 e. The minimum absolute atomic E-state index is 0.0286. The number of hydrogen-bond acceptors (Lipinski definition) is 9. The van der Waals surface area contributed by atoms with Gasteiger partial charge >= 0.3 is 5.97 Å². The summed E-state index contributed by atoms with van der Waals surface area (Å²) in [6.45, 7) is 1.04. The standard InChI is InChI=1S/C32H42F2N2O8S/c33-24-13-21(14-25(34)17-24)12-22(16-31(38)44-29-20-43-32-27(29)8-11-42-32)28(37)18-36-9-4-2-1-3-5-10-41-19-23-15-26(35)6-7-30(23)45(36,39)40/h6-7,13-15,17,22,27-29,32,37H,1-5,8-12,16,18-20,35H2/t22-,27+,28-,29+,32-/m1/s1. The number of anilines is 1. The molecule has 2 fully saturated rings. The van der Waals surface area contributed by atoms with E-state index in [9.17, 15) is 27.1 Å². The van der Waals surface area contributed by atoms with Crippen LogP contribution < -0.4 is 5.73 Å². The molecule has 2 aromatic carbocycles. The molecule has 0 aliphatic carbocycles. The van der Waals surface area contributed by atoms with Gasteiger partial charge in [0.15, 0.2) is 6.29 Å². The molecule has 3 aliphatic heterocycles. The van der Waals surface area contributed by atoms with E-state index >= 15 is 0 Å². The second kappa shape index (κ2) is 15.3. The molecule has 2 aromatic rings. The number of aliphatic hydroxyl groups excluding tert-OH is 1. The van der Waals surface area contributed by atoms with Crippen molar-refractivity contribution >= 4 is 21.7 Å². The van der Waals surface area contributed by atoms with Gasteiger partial charge in [-0.1, -0.05) is 19.3 Å². The van der Waals surface area contributed by atoms with Crippen LogP contribution in [0.1, 0.15) is 56.1 Å².